The van der Waals surface area contributed by atoms with Gasteiger partial charge in [-0.15, -0.1) is 0 Å². The summed E-state index contributed by atoms with van der Waals surface area (Å²) in [4.78, 5) is 2.46. The number of hydrogen-bond acceptors (Lipinski definition) is 2. The van der Waals surface area contributed by atoms with Gasteiger partial charge in [0.15, 0.2) is 0 Å². The van der Waals surface area contributed by atoms with Crippen molar-refractivity contribution in [3.05, 3.63) is 47.0 Å². The maximum Gasteiger partial charge on any atom is 0.0408 e. The molecule has 1 N–H and O–H groups in total. The number of piperazine rings is 1. The van der Waals surface area contributed by atoms with E-state index in [4.69, 9.17) is 11.6 Å². The minimum atomic E-state index is 0.818. The molecule has 1 aliphatic rings. The van der Waals surface area contributed by atoms with Crippen molar-refractivity contribution in [1.29, 1.82) is 0 Å². The molecule has 1 fully saturated rings. The first-order valence-corrected chi connectivity index (χ1v) is 6.55. The highest BCUT2D eigenvalue weighted by atomic mass is 35.5. The molecule has 0 aliphatic carbocycles. The van der Waals surface area contributed by atoms with E-state index in [1.807, 2.05) is 18.2 Å². The van der Waals surface area contributed by atoms with Gasteiger partial charge >= 0.3 is 0 Å². The largest absolute Gasteiger partial charge is 0.314 e. The Labute approximate surface area is 108 Å². The molecule has 0 spiro atoms. The highest BCUT2D eigenvalue weighted by molar-refractivity contribution is 6.30. The molecule has 0 amide bonds. The van der Waals surface area contributed by atoms with Crippen molar-refractivity contribution >= 4 is 11.6 Å². The van der Waals surface area contributed by atoms with Crippen molar-refractivity contribution in [2.45, 2.75) is 6.42 Å². The van der Waals surface area contributed by atoms with E-state index in [1.54, 1.807) is 0 Å². The number of halogens is 1. The van der Waals surface area contributed by atoms with Crippen LogP contribution in [-0.2, 0) is 6.42 Å². The van der Waals surface area contributed by atoms with E-state index >= 15 is 0 Å². The van der Waals surface area contributed by atoms with Crippen molar-refractivity contribution in [3.8, 4) is 0 Å². The van der Waals surface area contributed by atoms with Crippen LogP contribution < -0.4 is 5.32 Å². The van der Waals surface area contributed by atoms with Crippen molar-refractivity contribution < 1.29 is 0 Å². The Morgan fingerprint density at radius 2 is 2.06 bits per heavy atom. The topological polar surface area (TPSA) is 15.3 Å². The van der Waals surface area contributed by atoms with Gasteiger partial charge in [-0.3, -0.25) is 4.90 Å². The van der Waals surface area contributed by atoms with Crippen LogP contribution in [0.3, 0.4) is 0 Å². The van der Waals surface area contributed by atoms with Crippen LogP contribution in [0.4, 0.5) is 0 Å². The van der Waals surface area contributed by atoms with Gasteiger partial charge in [-0.05, 0) is 24.1 Å². The second-order valence-corrected chi connectivity index (χ2v) is 4.79. The fourth-order valence-electron chi connectivity index (χ4n) is 2.00. The van der Waals surface area contributed by atoms with E-state index in [0.29, 0.717) is 0 Å². The molecular formula is C14H19ClN2. The number of nitrogens with one attached hydrogen (secondary N) is 1. The summed E-state index contributed by atoms with van der Waals surface area (Å²) >= 11 is 5.94. The molecule has 2 nitrogen and oxygen atoms in total. The molecule has 1 heterocycles. The Bertz CT molecular complexity index is 370. The standard InChI is InChI=1S/C14H19ClN2/c15-14-6-3-5-13(12-14)4-1-2-9-17-10-7-16-8-11-17/h1-3,5-6,12,16H,4,7-11H2/b2-1-. The lowest BCUT2D eigenvalue weighted by Crippen LogP contribution is -2.43. The predicted octanol–water partition coefficient (Wildman–Crippen LogP) is 2.34. The zero-order chi connectivity index (χ0) is 11.9. The molecule has 1 aromatic rings. The fourth-order valence-corrected chi connectivity index (χ4v) is 2.21. The van der Waals surface area contributed by atoms with E-state index in [-0.39, 0.29) is 0 Å². The molecule has 0 atom stereocenters. The zero-order valence-corrected chi connectivity index (χ0v) is 10.8. The molecule has 0 aromatic heterocycles. The van der Waals surface area contributed by atoms with Gasteiger partial charge in [0.2, 0.25) is 0 Å². The summed E-state index contributed by atoms with van der Waals surface area (Å²) in [6.07, 6.45) is 5.45. The van der Waals surface area contributed by atoms with Crippen LogP contribution in [-0.4, -0.2) is 37.6 Å². The molecule has 0 bridgehead atoms. The lowest BCUT2D eigenvalue weighted by atomic mass is 10.1. The van der Waals surface area contributed by atoms with Gasteiger partial charge in [0, 0.05) is 37.7 Å². The fraction of sp³-hybridized carbons (Fsp3) is 0.429. The molecule has 0 saturated carbocycles. The summed E-state index contributed by atoms with van der Waals surface area (Å²) in [6.45, 7) is 5.59. The molecule has 1 saturated heterocycles. The molecule has 3 heteroatoms. The highest BCUT2D eigenvalue weighted by Crippen LogP contribution is 2.11. The molecule has 0 unspecified atom stereocenters. The quantitative estimate of drug-likeness (QED) is 0.826. The summed E-state index contributed by atoms with van der Waals surface area (Å²) in [5, 5.41) is 4.17. The molecule has 1 aromatic carbocycles. The molecule has 92 valence electrons. The third-order valence-corrected chi connectivity index (χ3v) is 3.22. The van der Waals surface area contributed by atoms with Gasteiger partial charge in [0.1, 0.15) is 0 Å². The summed E-state index contributed by atoms with van der Waals surface area (Å²) in [6, 6.07) is 8.05. The second-order valence-electron chi connectivity index (χ2n) is 4.36. The smallest absolute Gasteiger partial charge is 0.0408 e. The van der Waals surface area contributed by atoms with E-state index in [2.05, 4.69) is 28.4 Å². The van der Waals surface area contributed by atoms with Crippen LogP contribution in [0.2, 0.25) is 5.02 Å². The van der Waals surface area contributed by atoms with E-state index in [0.717, 1.165) is 44.2 Å². The molecule has 1 aliphatic heterocycles. The van der Waals surface area contributed by atoms with Gasteiger partial charge in [0.05, 0.1) is 0 Å². The first-order valence-electron chi connectivity index (χ1n) is 6.17. The minimum Gasteiger partial charge on any atom is -0.314 e. The highest BCUT2D eigenvalue weighted by Gasteiger charge is 2.06. The minimum absolute atomic E-state index is 0.818. The summed E-state index contributed by atoms with van der Waals surface area (Å²) in [5.74, 6) is 0. The third kappa shape index (κ3) is 4.50. The molecule has 17 heavy (non-hydrogen) atoms. The third-order valence-electron chi connectivity index (χ3n) is 2.98. The van der Waals surface area contributed by atoms with Crippen LogP contribution in [0, 0.1) is 0 Å². The van der Waals surface area contributed by atoms with Crippen LogP contribution in [0.25, 0.3) is 0 Å². The van der Waals surface area contributed by atoms with Gasteiger partial charge in [-0.2, -0.15) is 0 Å². The Kier molecular flexibility index (Phi) is 5.05. The second kappa shape index (κ2) is 6.80. The molecule has 2 rings (SSSR count). The van der Waals surface area contributed by atoms with Crippen molar-refractivity contribution in [1.82, 2.24) is 10.2 Å². The Morgan fingerprint density at radius 1 is 1.24 bits per heavy atom. The average Bonchev–Trinajstić information content (AvgIpc) is 2.36. The Balaban J connectivity index is 1.73. The predicted molar refractivity (Wildman–Crippen MR) is 73.6 cm³/mol. The SMILES string of the molecule is Clc1cccc(C/C=C\CN2CCNCC2)c1. The van der Waals surface area contributed by atoms with Gasteiger partial charge in [0.25, 0.3) is 0 Å². The Morgan fingerprint density at radius 3 is 2.82 bits per heavy atom. The van der Waals surface area contributed by atoms with Crippen LogP contribution in [0.5, 0.6) is 0 Å². The number of benzene rings is 1. The maximum absolute atomic E-state index is 5.94. The monoisotopic (exact) mass is 250 g/mol. The van der Waals surface area contributed by atoms with Gasteiger partial charge in [-0.1, -0.05) is 35.9 Å². The van der Waals surface area contributed by atoms with E-state index in [1.165, 1.54) is 5.56 Å². The lowest BCUT2D eigenvalue weighted by Gasteiger charge is -2.25. The molecular weight excluding hydrogens is 232 g/mol. The van der Waals surface area contributed by atoms with Crippen molar-refractivity contribution in [2.75, 3.05) is 32.7 Å². The van der Waals surface area contributed by atoms with E-state index in [9.17, 15) is 0 Å². The van der Waals surface area contributed by atoms with Crippen LogP contribution >= 0.6 is 11.6 Å². The van der Waals surface area contributed by atoms with Gasteiger partial charge < -0.3 is 5.32 Å². The first kappa shape index (κ1) is 12.6. The van der Waals surface area contributed by atoms with Gasteiger partial charge in [-0.25, -0.2) is 0 Å². The lowest BCUT2D eigenvalue weighted by molar-refractivity contribution is 0.264. The average molecular weight is 251 g/mol. The number of allylic oxidation sites excluding steroid dienone is 1. The zero-order valence-electron chi connectivity index (χ0n) is 10.0. The summed E-state index contributed by atoms with van der Waals surface area (Å²) < 4.78 is 0. The number of nitrogens with zero attached hydrogens (tertiary/aromatic N) is 1. The Hall–Kier alpha value is -0.830. The van der Waals surface area contributed by atoms with Crippen LogP contribution in [0.15, 0.2) is 36.4 Å². The van der Waals surface area contributed by atoms with E-state index < -0.39 is 0 Å². The van der Waals surface area contributed by atoms with Crippen LogP contribution in [0.1, 0.15) is 5.56 Å². The summed E-state index contributed by atoms with van der Waals surface area (Å²) in [7, 11) is 0. The number of hydrogen-bond donors (Lipinski definition) is 1. The maximum atomic E-state index is 5.94. The molecule has 0 radical (unpaired) electrons. The normalized spacial score (nSPS) is 17.7. The first-order chi connectivity index (χ1) is 8.34. The van der Waals surface area contributed by atoms with Crippen molar-refractivity contribution in [3.63, 3.8) is 0 Å². The summed E-state index contributed by atoms with van der Waals surface area (Å²) in [5.41, 5.74) is 1.27. The van der Waals surface area contributed by atoms with Crippen molar-refractivity contribution in [2.24, 2.45) is 0 Å². The number of rotatable bonds is 4.